The summed E-state index contributed by atoms with van der Waals surface area (Å²) in [4.78, 5) is 38.6. The number of carbonyl (C=O) groups is 2. The van der Waals surface area contributed by atoms with Gasteiger partial charge in [0.05, 0.1) is 0 Å². The lowest BCUT2D eigenvalue weighted by molar-refractivity contribution is -0.129. The lowest BCUT2D eigenvalue weighted by Crippen LogP contribution is -2.49. The second-order valence-electron chi connectivity index (χ2n) is 7.54. The van der Waals surface area contributed by atoms with Crippen LogP contribution in [0.4, 0.5) is 4.79 Å². The van der Waals surface area contributed by atoms with E-state index in [9.17, 15) is 19.5 Å². The Labute approximate surface area is 164 Å². The van der Waals surface area contributed by atoms with Gasteiger partial charge in [-0.2, -0.15) is 0 Å². The quantitative estimate of drug-likeness (QED) is 0.765. The molecule has 0 atom stereocenters. The molecule has 1 aromatic carbocycles. The Kier molecular flexibility index (Phi) is 6.48. The number of fused-ring (bicyclic) bond motifs is 1. The van der Waals surface area contributed by atoms with Crippen molar-refractivity contribution in [3.8, 4) is 5.75 Å². The second-order valence-corrected chi connectivity index (χ2v) is 7.54. The van der Waals surface area contributed by atoms with Gasteiger partial charge in [-0.05, 0) is 65.7 Å². The predicted molar refractivity (Wildman–Crippen MR) is 108 cm³/mol. The molecule has 0 aliphatic heterocycles. The number of nitrogens with one attached hydrogen (secondary N) is 1. The van der Waals surface area contributed by atoms with E-state index in [-0.39, 0.29) is 36.6 Å². The number of aryl methyl sites for hydroxylation is 2. The van der Waals surface area contributed by atoms with Crippen molar-refractivity contribution in [2.75, 3.05) is 0 Å². The summed E-state index contributed by atoms with van der Waals surface area (Å²) in [5.41, 5.74) is 1.42. The minimum atomic E-state index is -0.533. The van der Waals surface area contributed by atoms with Gasteiger partial charge in [0.25, 0.3) is 0 Å². The minimum absolute atomic E-state index is 0.0118. The molecule has 3 amide bonds. The Balaban J connectivity index is 2.29. The topological polar surface area (TPSA) is 99.9 Å². The van der Waals surface area contributed by atoms with Gasteiger partial charge in [-0.25, -0.2) is 9.59 Å². The monoisotopic (exact) mass is 388 g/mol. The van der Waals surface area contributed by atoms with Gasteiger partial charge in [-0.1, -0.05) is 0 Å². The summed E-state index contributed by atoms with van der Waals surface area (Å²) in [6, 6.07) is 2.42. The van der Waals surface area contributed by atoms with Crippen LogP contribution < -0.4 is 10.9 Å². The zero-order valence-corrected chi connectivity index (χ0v) is 17.3. The first-order chi connectivity index (χ1) is 13.0. The standard InChI is InChI=1S/C21H28N2O5/c1-11(2)22-21(27)23(12(3)4)18(25)10-8-16-13(5)15-7-9-17(24)14(6)19(15)28-20(16)26/h7,9,11-12,24H,8,10H2,1-6H3,(H,22,27). The number of phenols is 1. The first-order valence-corrected chi connectivity index (χ1v) is 9.42. The molecule has 2 N–H and O–H groups in total. The molecule has 0 aliphatic rings. The number of imide groups is 1. The van der Waals surface area contributed by atoms with Gasteiger partial charge in [-0.3, -0.25) is 9.69 Å². The van der Waals surface area contributed by atoms with E-state index < -0.39 is 11.7 Å². The fraction of sp³-hybridized carbons (Fsp3) is 0.476. The number of hydrogen-bond acceptors (Lipinski definition) is 5. The number of hydrogen-bond donors (Lipinski definition) is 2. The van der Waals surface area contributed by atoms with Crippen molar-refractivity contribution >= 4 is 22.9 Å². The van der Waals surface area contributed by atoms with E-state index in [1.54, 1.807) is 39.8 Å². The Hall–Kier alpha value is -2.83. The van der Waals surface area contributed by atoms with Crippen molar-refractivity contribution in [2.45, 2.75) is 66.5 Å². The van der Waals surface area contributed by atoms with Crippen LogP contribution in [-0.2, 0) is 11.2 Å². The van der Waals surface area contributed by atoms with E-state index in [0.29, 0.717) is 22.3 Å². The smallest absolute Gasteiger partial charge is 0.339 e. The molecular formula is C21H28N2O5. The number of urea groups is 1. The molecule has 0 spiro atoms. The maximum absolute atomic E-state index is 12.7. The highest BCUT2D eigenvalue weighted by Crippen LogP contribution is 2.28. The lowest BCUT2D eigenvalue weighted by atomic mass is 10.00. The van der Waals surface area contributed by atoms with Crippen LogP contribution in [0, 0.1) is 13.8 Å². The van der Waals surface area contributed by atoms with Gasteiger partial charge in [-0.15, -0.1) is 0 Å². The molecule has 0 bridgehead atoms. The number of phenolic OH excluding ortho intramolecular Hbond substituents is 1. The molecule has 1 heterocycles. The zero-order valence-electron chi connectivity index (χ0n) is 17.3. The van der Waals surface area contributed by atoms with Crippen LogP contribution >= 0.6 is 0 Å². The van der Waals surface area contributed by atoms with E-state index in [1.807, 2.05) is 13.8 Å². The molecule has 1 aromatic heterocycles. The van der Waals surface area contributed by atoms with Crippen molar-refractivity contribution in [1.29, 1.82) is 0 Å². The molecule has 0 unspecified atom stereocenters. The van der Waals surface area contributed by atoms with Crippen molar-refractivity contribution in [3.63, 3.8) is 0 Å². The summed E-state index contributed by atoms with van der Waals surface area (Å²) >= 11 is 0. The van der Waals surface area contributed by atoms with E-state index in [1.165, 1.54) is 4.90 Å². The van der Waals surface area contributed by atoms with Crippen LogP contribution in [0.1, 0.15) is 50.8 Å². The average Bonchev–Trinajstić information content (AvgIpc) is 2.57. The lowest BCUT2D eigenvalue weighted by Gasteiger charge is -2.26. The first kappa shape index (κ1) is 21.5. The molecule has 7 heteroatoms. The van der Waals surface area contributed by atoms with Crippen molar-refractivity contribution in [3.05, 3.63) is 39.2 Å². The first-order valence-electron chi connectivity index (χ1n) is 9.42. The molecule has 0 radical (unpaired) electrons. The molecular weight excluding hydrogens is 360 g/mol. The Morgan fingerprint density at radius 3 is 2.36 bits per heavy atom. The summed E-state index contributed by atoms with van der Waals surface area (Å²) in [7, 11) is 0. The number of rotatable bonds is 5. The molecule has 2 rings (SSSR count). The summed E-state index contributed by atoms with van der Waals surface area (Å²) in [5.74, 6) is -0.296. The molecule has 7 nitrogen and oxygen atoms in total. The van der Waals surface area contributed by atoms with Gasteiger partial charge in [0.2, 0.25) is 5.91 Å². The summed E-state index contributed by atoms with van der Waals surface area (Å²) in [6.45, 7) is 10.7. The number of amides is 3. The van der Waals surface area contributed by atoms with Gasteiger partial charge in [0.1, 0.15) is 11.3 Å². The van der Waals surface area contributed by atoms with E-state index >= 15 is 0 Å². The summed E-state index contributed by atoms with van der Waals surface area (Å²) in [6.07, 6.45) is 0.179. The Morgan fingerprint density at radius 2 is 1.79 bits per heavy atom. The van der Waals surface area contributed by atoms with Crippen LogP contribution in [0.5, 0.6) is 5.75 Å². The third-order valence-corrected chi connectivity index (χ3v) is 4.68. The highest BCUT2D eigenvalue weighted by Gasteiger charge is 2.25. The molecule has 0 fully saturated rings. The van der Waals surface area contributed by atoms with E-state index in [4.69, 9.17) is 4.42 Å². The number of aromatic hydroxyl groups is 1. The van der Waals surface area contributed by atoms with Gasteiger partial charge >= 0.3 is 11.7 Å². The van der Waals surface area contributed by atoms with Crippen LogP contribution in [0.25, 0.3) is 11.0 Å². The molecule has 2 aromatic rings. The normalized spacial score (nSPS) is 11.3. The fourth-order valence-corrected chi connectivity index (χ4v) is 3.17. The van der Waals surface area contributed by atoms with Gasteiger partial charge in [0, 0.05) is 35.0 Å². The SMILES string of the molecule is Cc1c(CCC(=O)N(C(=O)NC(C)C)C(C)C)c(=O)oc2c(C)c(O)ccc12. The largest absolute Gasteiger partial charge is 0.508 e. The van der Waals surface area contributed by atoms with Gasteiger partial charge in [0.15, 0.2) is 0 Å². The maximum Gasteiger partial charge on any atom is 0.339 e. The predicted octanol–water partition coefficient (Wildman–Crippen LogP) is 3.40. The molecule has 152 valence electrons. The minimum Gasteiger partial charge on any atom is -0.508 e. The third-order valence-electron chi connectivity index (χ3n) is 4.68. The van der Waals surface area contributed by atoms with Crippen molar-refractivity contribution in [1.82, 2.24) is 10.2 Å². The third kappa shape index (κ3) is 4.35. The molecule has 0 aliphatic carbocycles. The number of nitrogens with zero attached hydrogens (tertiary/aromatic N) is 1. The Morgan fingerprint density at radius 1 is 1.14 bits per heavy atom. The van der Waals surface area contributed by atoms with Crippen LogP contribution in [-0.4, -0.2) is 34.0 Å². The number of carbonyl (C=O) groups excluding carboxylic acids is 2. The molecule has 0 saturated heterocycles. The fourth-order valence-electron chi connectivity index (χ4n) is 3.17. The van der Waals surface area contributed by atoms with Crippen molar-refractivity contribution < 1.29 is 19.1 Å². The highest BCUT2D eigenvalue weighted by molar-refractivity contribution is 5.95. The average molecular weight is 388 g/mol. The van der Waals surface area contributed by atoms with Crippen LogP contribution in [0.3, 0.4) is 0 Å². The van der Waals surface area contributed by atoms with E-state index in [2.05, 4.69) is 5.32 Å². The van der Waals surface area contributed by atoms with Crippen molar-refractivity contribution in [2.24, 2.45) is 0 Å². The Bertz CT molecular complexity index is 959. The van der Waals surface area contributed by atoms with Crippen LogP contribution in [0.2, 0.25) is 0 Å². The summed E-state index contributed by atoms with van der Waals surface area (Å²) in [5, 5.41) is 13.3. The van der Waals surface area contributed by atoms with Crippen LogP contribution in [0.15, 0.2) is 21.3 Å². The van der Waals surface area contributed by atoms with E-state index in [0.717, 1.165) is 5.39 Å². The zero-order chi connectivity index (χ0) is 21.2. The van der Waals surface area contributed by atoms with Gasteiger partial charge < -0.3 is 14.8 Å². The number of benzene rings is 1. The molecule has 28 heavy (non-hydrogen) atoms. The molecule has 0 saturated carbocycles. The highest BCUT2D eigenvalue weighted by atomic mass is 16.4. The maximum atomic E-state index is 12.7. The summed E-state index contributed by atoms with van der Waals surface area (Å²) < 4.78 is 5.41. The second kappa shape index (κ2) is 8.46.